The summed E-state index contributed by atoms with van der Waals surface area (Å²) >= 11 is 4.75. The van der Waals surface area contributed by atoms with Crippen LogP contribution in [0, 0.1) is 27.7 Å². The molecular weight excluding hydrogens is 482 g/mol. The van der Waals surface area contributed by atoms with E-state index < -0.39 is 17.1 Å². The zero-order valence-corrected chi connectivity index (χ0v) is 23.1. The molecule has 0 aliphatic carbocycles. The molecule has 0 amide bonds. The summed E-state index contributed by atoms with van der Waals surface area (Å²) in [7, 11) is 0. The van der Waals surface area contributed by atoms with Crippen LogP contribution in [0.1, 0.15) is 65.6 Å². The lowest BCUT2D eigenvalue weighted by molar-refractivity contribution is 0.0683. The zero-order valence-electron chi connectivity index (χ0n) is 21.5. The molecule has 1 heterocycles. The van der Waals surface area contributed by atoms with Crippen LogP contribution in [-0.4, -0.2) is 26.8 Å². The fourth-order valence-electron chi connectivity index (χ4n) is 4.30. The van der Waals surface area contributed by atoms with Gasteiger partial charge in [-0.2, -0.15) is 0 Å². The second-order valence-electron chi connectivity index (χ2n) is 9.96. The highest BCUT2D eigenvalue weighted by atomic mass is 35.5. The molecule has 188 valence electrons. The summed E-state index contributed by atoms with van der Waals surface area (Å²) in [6.45, 7) is 14.7. The number of hydrogen-bond acceptors (Lipinski definition) is 3. The number of nitrogens with zero attached hydrogens (tertiary/aromatic N) is 1. The van der Waals surface area contributed by atoms with Crippen LogP contribution < -0.4 is 4.74 Å². The van der Waals surface area contributed by atoms with Gasteiger partial charge < -0.3 is 19.0 Å². The Balaban J connectivity index is 1.81. The van der Waals surface area contributed by atoms with Crippen molar-refractivity contribution in [2.24, 2.45) is 0 Å². The quantitative estimate of drug-likeness (QED) is 0.258. The number of aromatic nitrogens is 1. The fraction of sp³-hybridized carbons (Fsp3) is 0.393. The molecule has 1 aromatic heterocycles. The molecule has 0 spiro atoms. The molecule has 3 aromatic rings. The molecule has 0 bridgehead atoms. The van der Waals surface area contributed by atoms with E-state index in [4.69, 9.17) is 16.3 Å². The normalized spacial score (nSPS) is 12.6. The van der Waals surface area contributed by atoms with E-state index in [1.807, 2.05) is 57.2 Å². The zero-order chi connectivity index (χ0) is 26.1. The Hall–Kier alpha value is -2.41. The summed E-state index contributed by atoms with van der Waals surface area (Å²) in [5.41, 5.74) is 4.48. The van der Waals surface area contributed by atoms with Crippen LogP contribution in [0.5, 0.6) is 5.75 Å². The van der Waals surface area contributed by atoms with E-state index in [0.29, 0.717) is 40.6 Å². The Morgan fingerprint density at radius 3 is 2.17 bits per heavy atom. The highest BCUT2D eigenvalue weighted by molar-refractivity contribution is 7.91. The van der Waals surface area contributed by atoms with Crippen molar-refractivity contribution in [1.29, 1.82) is 0 Å². The number of benzene rings is 2. The van der Waals surface area contributed by atoms with Crippen molar-refractivity contribution >= 4 is 28.7 Å². The van der Waals surface area contributed by atoms with Crippen molar-refractivity contribution in [3.63, 3.8) is 0 Å². The lowest BCUT2D eigenvalue weighted by atomic mass is 9.87. The number of hydrogen-bond donors (Lipinski definition) is 1. The molecule has 7 heteroatoms. The van der Waals surface area contributed by atoms with Crippen molar-refractivity contribution in [2.75, 3.05) is 6.61 Å². The van der Waals surface area contributed by atoms with Gasteiger partial charge in [-0.3, -0.25) is 0 Å². The predicted octanol–water partition coefficient (Wildman–Crippen LogP) is 7.01. The highest BCUT2D eigenvalue weighted by Crippen LogP contribution is 2.33. The summed E-state index contributed by atoms with van der Waals surface area (Å²) in [5.74, 6) is -0.287. The first-order chi connectivity index (χ1) is 16.3. The van der Waals surface area contributed by atoms with Crippen molar-refractivity contribution in [1.82, 2.24) is 4.57 Å². The van der Waals surface area contributed by atoms with E-state index in [-0.39, 0.29) is 11.1 Å². The monoisotopic (exact) mass is 515 g/mol. The SMILES string of the molecule is Cc1cc(OCCCn2c(C)c([S+]([O-])c3ccc(C(C)(C)C)cc3)c(C)c2C(=O)O)cc(C)c1Cl. The molecule has 0 radical (unpaired) electrons. The molecule has 0 aliphatic heterocycles. The fourth-order valence-corrected chi connectivity index (χ4v) is 5.78. The molecule has 5 nitrogen and oxygen atoms in total. The highest BCUT2D eigenvalue weighted by Gasteiger charge is 2.31. The third kappa shape index (κ3) is 5.88. The molecule has 0 saturated carbocycles. The maximum Gasteiger partial charge on any atom is 0.352 e. The molecule has 35 heavy (non-hydrogen) atoms. The second kappa shape index (κ2) is 10.7. The lowest BCUT2D eigenvalue weighted by Gasteiger charge is -2.19. The first-order valence-corrected chi connectivity index (χ1v) is 13.2. The Bertz CT molecular complexity index is 1200. The average molecular weight is 516 g/mol. The molecule has 1 atom stereocenters. The number of carboxylic acids is 1. The molecule has 3 rings (SSSR count). The number of halogens is 1. The van der Waals surface area contributed by atoms with Gasteiger partial charge in [0, 0.05) is 28.3 Å². The van der Waals surface area contributed by atoms with Crippen LogP contribution in [0.3, 0.4) is 0 Å². The Morgan fingerprint density at radius 2 is 1.66 bits per heavy atom. The molecule has 1 N–H and O–H groups in total. The van der Waals surface area contributed by atoms with Crippen LogP contribution >= 0.6 is 11.6 Å². The number of aryl methyl sites for hydroxylation is 2. The molecular formula is C28H34ClNO4S. The number of carboxylic acid groups (broad SMARTS) is 1. The van der Waals surface area contributed by atoms with Gasteiger partial charge in [-0.05, 0) is 80.5 Å². The van der Waals surface area contributed by atoms with E-state index >= 15 is 0 Å². The van der Waals surface area contributed by atoms with E-state index in [1.54, 1.807) is 11.5 Å². The van der Waals surface area contributed by atoms with Crippen LogP contribution in [-0.2, 0) is 23.1 Å². The van der Waals surface area contributed by atoms with Gasteiger partial charge in [-0.15, -0.1) is 0 Å². The minimum absolute atomic E-state index is 0.00284. The van der Waals surface area contributed by atoms with E-state index in [2.05, 4.69) is 20.8 Å². The Labute approximate surface area is 216 Å². The maximum absolute atomic E-state index is 13.5. The number of ether oxygens (including phenoxy) is 1. The molecule has 2 aromatic carbocycles. The van der Waals surface area contributed by atoms with Crippen LogP contribution in [0.4, 0.5) is 0 Å². The first-order valence-electron chi connectivity index (χ1n) is 11.7. The van der Waals surface area contributed by atoms with Gasteiger partial charge in [0.05, 0.1) is 12.3 Å². The first kappa shape index (κ1) is 27.2. The lowest BCUT2D eigenvalue weighted by Crippen LogP contribution is -2.13. The molecule has 0 saturated heterocycles. The van der Waals surface area contributed by atoms with Crippen molar-refractivity contribution < 1.29 is 19.2 Å². The third-order valence-electron chi connectivity index (χ3n) is 6.23. The summed E-state index contributed by atoms with van der Waals surface area (Å²) < 4.78 is 21.2. The minimum Gasteiger partial charge on any atom is -0.606 e. The van der Waals surface area contributed by atoms with E-state index in [9.17, 15) is 14.5 Å². The number of aromatic carboxylic acids is 1. The molecule has 1 unspecified atom stereocenters. The van der Waals surface area contributed by atoms with Gasteiger partial charge in [0.2, 0.25) is 0 Å². The Morgan fingerprint density at radius 1 is 1.09 bits per heavy atom. The van der Waals surface area contributed by atoms with Crippen molar-refractivity contribution in [2.45, 2.75) is 76.6 Å². The molecule has 0 fully saturated rings. The largest absolute Gasteiger partial charge is 0.606 e. The third-order valence-corrected chi connectivity index (χ3v) is 8.50. The maximum atomic E-state index is 13.5. The second-order valence-corrected chi connectivity index (χ2v) is 11.8. The van der Waals surface area contributed by atoms with Gasteiger partial charge in [0.1, 0.15) is 11.4 Å². The average Bonchev–Trinajstić information content (AvgIpc) is 3.03. The van der Waals surface area contributed by atoms with Gasteiger partial charge >= 0.3 is 5.97 Å². The summed E-state index contributed by atoms with van der Waals surface area (Å²) in [6.07, 6.45) is 0.600. The Kier molecular flexibility index (Phi) is 8.30. The summed E-state index contributed by atoms with van der Waals surface area (Å²) in [4.78, 5) is 13.3. The van der Waals surface area contributed by atoms with Crippen LogP contribution in [0.2, 0.25) is 5.02 Å². The van der Waals surface area contributed by atoms with Crippen molar-refractivity contribution in [3.05, 3.63) is 75.1 Å². The summed E-state index contributed by atoms with van der Waals surface area (Å²) in [6, 6.07) is 11.5. The minimum atomic E-state index is -1.48. The number of carbonyl (C=O) groups is 1. The van der Waals surface area contributed by atoms with Crippen molar-refractivity contribution in [3.8, 4) is 5.75 Å². The van der Waals surface area contributed by atoms with Gasteiger partial charge in [-0.1, -0.05) is 44.5 Å². The number of rotatable bonds is 8. The summed E-state index contributed by atoms with van der Waals surface area (Å²) in [5, 5.41) is 10.7. The van der Waals surface area contributed by atoms with Gasteiger partial charge in [-0.25, -0.2) is 4.79 Å². The van der Waals surface area contributed by atoms with Gasteiger partial charge in [0.25, 0.3) is 0 Å². The van der Waals surface area contributed by atoms with Crippen LogP contribution in [0.25, 0.3) is 0 Å². The molecule has 0 aliphatic rings. The van der Waals surface area contributed by atoms with Gasteiger partial charge in [0.15, 0.2) is 9.79 Å². The standard InChI is InChI=1S/C28H34ClNO4S/c1-17-15-22(16-18(2)24(17)29)34-14-8-13-30-20(4)26(19(3)25(30)27(31)32)35(33)23-11-9-21(10-12-23)28(5,6)7/h9-12,15-16H,8,13-14H2,1-7H3,(H,31,32). The topological polar surface area (TPSA) is 74.5 Å². The van der Waals surface area contributed by atoms with Crippen LogP contribution in [0.15, 0.2) is 46.2 Å². The smallest absolute Gasteiger partial charge is 0.352 e. The predicted molar refractivity (Wildman–Crippen MR) is 142 cm³/mol. The van der Waals surface area contributed by atoms with E-state index in [1.165, 1.54) is 0 Å². The van der Waals surface area contributed by atoms with E-state index in [0.717, 1.165) is 27.5 Å².